The Balaban J connectivity index is 0.00000220. The van der Waals surface area contributed by atoms with E-state index in [1.54, 1.807) is 23.6 Å². The molecular formula is C14H18ClIN4S. The number of rotatable bonds is 5. The van der Waals surface area contributed by atoms with Gasteiger partial charge in [-0.2, -0.15) is 0 Å². The van der Waals surface area contributed by atoms with E-state index >= 15 is 0 Å². The van der Waals surface area contributed by atoms with Crippen molar-refractivity contribution in [3.8, 4) is 0 Å². The second-order valence-corrected chi connectivity index (χ2v) is 5.54. The zero-order valence-electron chi connectivity index (χ0n) is 11.7. The third-order valence-corrected chi connectivity index (χ3v) is 3.66. The molecule has 0 aromatic carbocycles. The maximum atomic E-state index is 5.76. The van der Waals surface area contributed by atoms with Crippen molar-refractivity contribution in [3.05, 3.63) is 51.4 Å². The van der Waals surface area contributed by atoms with Crippen LogP contribution in [0.5, 0.6) is 0 Å². The molecule has 0 radical (unpaired) electrons. The van der Waals surface area contributed by atoms with E-state index in [1.807, 2.05) is 19.1 Å². The molecule has 2 aromatic rings. The van der Waals surface area contributed by atoms with Gasteiger partial charge in [0.05, 0.1) is 13.1 Å². The maximum Gasteiger partial charge on any atom is 0.191 e. The zero-order valence-corrected chi connectivity index (χ0v) is 15.6. The lowest BCUT2D eigenvalue weighted by Gasteiger charge is -2.10. The lowest BCUT2D eigenvalue weighted by atomic mass is 10.3. The third-order valence-electron chi connectivity index (χ3n) is 2.56. The standard InChI is InChI=1S/C14H17ClN4S.HI/c1-2-16-14(19-10-12-4-3-7-20-12)18-9-11-5-6-13(15)17-8-11;/h3-8H,2,9-10H2,1H3,(H2,16,18,19);1H. The van der Waals surface area contributed by atoms with Gasteiger partial charge in [-0.25, -0.2) is 9.98 Å². The molecule has 7 heteroatoms. The number of aromatic nitrogens is 1. The predicted molar refractivity (Wildman–Crippen MR) is 101 cm³/mol. The summed E-state index contributed by atoms with van der Waals surface area (Å²) in [5, 5.41) is 9.10. The van der Waals surface area contributed by atoms with E-state index in [0.717, 1.165) is 24.6 Å². The number of pyridine rings is 1. The van der Waals surface area contributed by atoms with Crippen molar-refractivity contribution < 1.29 is 0 Å². The Morgan fingerprint density at radius 1 is 1.33 bits per heavy atom. The van der Waals surface area contributed by atoms with E-state index in [2.05, 4.69) is 32.1 Å². The summed E-state index contributed by atoms with van der Waals surface area (Å²) in [5.74, 6) is 0.802. The molecule has 0 unspecified atom stereocenters. The van der Waals surface area contributed by atoms with Gasteiger partial charge < -0.3 is 10.6 Å². The first-order valence-electron chi connectivity index (χ1n) is 6.43. The smallest absolute Gasteiger partial charge is 0.191 e. The van der Waals surface area contributed by atoms with E-state index < -0.39 is 0 Å². The first-order valence-corrected chi connectivity index (χ1v) is 7.68. The third kappa shape index (κ3) is 6.62. The Morgan fingerprint density at radius 2 is 2.19 bits per heavy atom. The van der Waals surface area contributed by atoms with Gasteiger partial charge in [0.2, 0.25) is 0 Å². The molecule has 0 amide bonds. The fourth-order valence-corrected chi connectivity index (χ4v) is 2.35. The summed E-state index contributed by atoms with van der Waals surface area (Å²) in [6.07, 6.45) is 1.74. The van der Waals surface area contributed by atoms with Crippen LogP contribution in [0.15, 0.2) is 40.8 Å². The van der Waals surface area contributed by atoms with E-state index in [1.165, 1.54) is 4.88 Å². The van der Waals surface area contributed by atoms with Crippen molar-refractivity contribution in [2.75, 3.05) is 6.54 Å². The molecular weight excluding hydrogens is 419 g/mol. The molecule has 21 heavy (non-hydrogen) atoms. The molecule has 0 saturated heterocycles. The minimum atomic E-state index is 0. The van der Waals surface area contributed by atoms with E-state index in [9.17, 15) is 0 Å². The summed E-state index contributed by atoms with van der Waals surface area (Å²) in [6, 6.07) is 7.86. The largest absolute Gasteiger partial charge is 0.357 e. The second-order valence-electron chi connectivity index (χ2n) is 4.12. The lowest BCUT2D eigenvalue weighted by Crippen LogP contribution is -2.36. The van der Waals surface area contributed by atoms with Crippen molar-refractivity contribution in [1.82, 2.24) is 15.6 Å². The van der Waals surface area contributed by atoms with Crippen LogP contribution in [0.25, 0.3) is 0 Å². The summed E-state index contributed by atoms with van der Waals surface area (Å²) in [4.78, 5) is 9.86. The number of hydrogen-bond donors (Lipinski definition) is 2. The highest BCUT2D eigenvalue weighted by Gasteiger charge is 1.99. The molecule has 0 fully saturated rings. The van der Waals surface area contributed by atoms with Gasteiger partial charge >= 0.3 is 0 Å². The summed E-state index contributed by atoms with van der Waals surface area (Å²) in [5.41, 5.74) is 1.03. The van der Waals surface area contributed by atoms with Crippen LogP contribution in [0.1, 0.15) is 17.4 Å². The number of nitrogens with one attached hydrogen (secondary N) is 2. The first-order chi connectivity index (χ1) is 9.78. The molecule has 0 aliphatic carbocycles. The van der Waals surface area contributed by atoms with Crippen molar-refractivity contribution in [2.45, 2.75) is 20.0 Å². The van der Waals surface area contributed by atoms with Gasteiger partial charge in [0.15, 0.2) is 5.96 Å². The van der Waals surface area contributed by atoms with Gasteiger partial charge in [-0.15, -0.1) is 35.3 Å². The molecule has 114 valence electrons. The van der Waals surface area contributed by atoms with Crippen molar-refractivity contribution in [1.29, 1.82) is 0 Å². The van der Waals surface area contributed by atoms with Crippen molar-refractivity contribution in [3.63, 3.8) is 0 Å². The number of aliphatic imine (C=N–C) groups is 1. The number of guanidine groups is 1. The Bertz CT molecular complexity index is 543. The van der Waals surface area contributed by atoms with Crippen LogP contribution in [0.4, 0.5) is 0 Å². The number of nitrogens with zero attached hydrogens (tertiary/aromatic N) is 2. The Hall–Kier alpha value is -0.860. The SMILES string of the molecule is CCNC(=NCc1ccc(Cl)nc1)NCc1cccs1.I. The zero-order chi connectivity index (χ0) is 14.2. The minimum absolute atomic E-state index is 0. The molecule has 0 bridgehead atoms. The molecule has 0 aliphatic rings. The van der Waals surface area contributed by atoms with Gasteiger partial charge in [-0.1, -0.05) is 23.7 Å². The molecule has 2 N–H and O–H groups in total. The van der Waals surface area contributed by atoms with Crippen LogP contribution in [0.2, 0.25) is 5.15 Å². The summed E-state index contributed by atoms with van der Waals surface area (Å²) >= 11 is 7.49. The predicted octanol–water partition coefficient (Wildman–Crippen LogP) is 3.67. The summed E-state index contributed by atoms with van der Waals surface area (Å²) < 4.78 is 0. The average Bonchev–Trinajstić information content (AvgIpc) is 2.97. The monoisotopic (exact) mass is 436 g/mol. The lowest BCUT2D eigenvalue weighted by molar-refractivity contribution is 0.823. The Kier molecular flexibility index (Phi) is 8.63. The van der Waals surface area contributed by atoms with Crippen molar-refractivity contribution in [2.24, 2.45) is 4.99 Å². The first kappa shape index (κ1) is 18.2. The molecule has 0 saturated carbocycles. The van der Waals surface area contributed by atoms with Crippen LogP contribution < -0.4 is 10.6 Å². The highest BCUT2D eigenvalue weighted by molar-refractivity contribution is 14.0. The second kappa shape index (κ2) is 9.97. The molecule has 2 heterocycles. The summed E-state index contributed by atoms with van der Waals surface area (Å²) in [6.45, 7) is 4.23. The van der Waals surface area contributed by atoms with Gasteiger partial charge in [0.1, 0.15) is 5.15 Å². The Labute approximate surface area is 151 Å². The van der Waals surface area contributed by atoms with Crippen molar-refractivity contribution >= 4 is 52.9 Å². The van der Waals surface area contributed by atoms with E-state index in [0.29, 0.717) is 11.7 Å². The number of thiophene rings is 1. The van der Waals surface area contributed by atoms with Crippen LogP contribution in [-0.2, 0) is 13.1 Å². The van der Waals surface area contributed by atoms with Gasteiger partial charge in [0, 0.05) is 17.6 Å². The molecule has 0 spiro atoms. The number of halogens is 2. The van der Waals surface area contributed by atoms with Crippen LogP contribution in [-0.4, -0.2) is 17.5 Å². The number of hydrogen-bond acceptors (Lipinski definition) is 3. The fourth-order valence-electron chi connectivity index (χ4n) is 1.60. The topological polar surface area (TPSA) is 49.3 Å². The normalized spacial score (nSPS) is 10.9. The molecule has 0 atom stereocenters. The van der Waals surface area contributed by atoms with E-state index in [4.69, 9.17) is 11.6 Å². The molecule has 2 rings (SSSR count). The molecule has 4 nitrogen and oxygen atoms in total. The van der Waals surface area contributed by atoms with Crippen LogP contribution in [0.3, 0.4) is 0 Å². The molecule has 2 aromatic heterocycles. The summed E-state index contributed by atoms with van der Waals surface area (Å²) in [7, 11) is 0. The van der Waals surface area contributed by atoms with E-state index in [-0.39, 0.29) is 24.0 Å². The van der Waals surface area contributed by atoms with Gasteiger partial charge in [-0.05, 0) is 30.0 Å². The fraction of sp³-hybridized carbons (Fsp3) is 0.286. The minimum Gasteiger partial charge on any atom is -0.357 e. The molecule has 0 aliphatic heterocycles. The van der Waals surface area contributed by atoms with Gasteiger partial charge in [0.25, 0.3) is 0 Å². The van der Waals surface area contributed by atoms with Crippen LogP contribution >= 0.6 is 46.9 Å². The van der Waals surface area contributed by atoms with Gasteiger partial charge in [-0.3, -0.25) is 0 Å². The van der Waals surface area contributed by atoms with Crippen LogP contribution in [0, 0.1) is 0 Å². The Morgan fingerprint density at radius 3 is 2.81 bits per heavy atom. The highest BCUT2D eigenvalue weighted by Crippen LogP contribution is 2.08. The quantitative estimate of drug-likeness (QED) is 0.325. The highest BCUT2D eigenvalue weighted by atomic mass is 127. The maximum absolute atomic E-state index is 5.76. The average molecular weight is 437 g/mol.